The molecule has 10 heavy (non-hydrogen) atoms. The van der Waals surface area contributed by atoms with Crippen molar-refractivity contribution in [3.05, 3.63) is 25.3 Å². The van der Waals surface area contributed by atoms with Crippen LogP contribution in [0.4, 0.5) is 0 Å². The zero-order chi connectivity index (χ0) is 8.73. The van der Waals surface area contributed by atoms with Crippen molar-refractivity contribution in [2.24, 2.45) is 0 Å². The SMILES string of the molecule is C=C.C=C(C(=O)O)C(C)O. The largest absolute Gasteiger partial charge is 0.478 e. The van der Waals surface area contributed by atoms with Crippen molar-refractivity contribution >= 4 is 5.97 Å². The van der Waals surface area contributed by atoms with E-state index in [9.17, 15) is 4.79 Å². The maximum Gasteiger partial charge on any atom is 0.333 e. The summed E-state index contributed by atoms with van der Waals surface area (Å²) in [5.41, 5.74) is -0.176. The minimum atomic E-state index is -1.15. The molecule has 58 valence electrons. The fourth-order valence-corrected chi connectivity index (χ4v) is 0.179. The smallest absolute Gasteiger partial charge is 0.333 e. The summed E-state index contributed by atoms with van der Waals surface area (Å²) >= 11 is 0. The first-order valence-corrected chi connectivity index (χ1v) is 2.66. The van der Waals surface area contributed by atoms with Gasteiger partial charge in [-0.05, 0) is 6.92 Å². The van der Waals surface area contributed by atoms with E-state index in [1.165, 1.54) is 6.92 Å². The molecule has 1 atom stereocenters. The van der Waals surface area contributed by atoms with Gasteiger partial charge in [0, 0.05) is 0 Å². The molecule has 0 heterocycles. The van der Waals surface area contributed by atoms with E-state index in [1.807, 2.05) is 0 Å². The Morgan fingerprint density at radius 3 is 1.80 bits per heavy atom. The molecule has 0 aromatic carbocycles. The van der Waals surface area contributed by atoms with Crippen LogP contribution in [-0.2, 0) is 4.79 Å². The Balaban J connectivity index is 0. The van der Waals surface area contributed by atoms with E-state index in [2.05, 4.69) is 19.7 Å². The molecule has 0 bridgehead atoms. The summed E-state index contributed by atoms with van der Waals surface area (Å²) in [4.78, 5) is 9.88. The predicted molar refractivity (Wildman–Crippen MR) is 39.7 cm³/mol. The number of carboxylic acids is 1. The summed E-state index contributed by atoms with van der Waals surface area (Å²) in [7, 11) is 0. The van der Waals surface area contributed by atoms with Crippen molar-refractivity contribution in [1.29, 1.82) is 0 Å². The Kier molecular flexibility index (Phi) is 7.05. The Bertz CT molecular complexity index is 127. The third-order valence-corrected chi connectivity index (χ3v) is 0.779. The van der Waals surface area contributed by atoms with Gasteiger partial charge in [0.25, 0.3) is 0 Å². The molecule has 0 aromatic rings. The Morgan fingerprint density at radius 2 is 1.80 bits per heavy atom. The van der Waals surface area contributed by atoms with Crippen LogP contribution in [0.2, 0.25) is 0 Å². The molecule has 3 nitrogen and oxygen atoms in total. The Labute approximate surface area is 60.3 Å². The van der Waals surface area contributed by atoms with Crippen molar-refractivity contribution in [2.75, 3.05) is 0 Å². The van der Waals surface area contributed by atoms with E-state index in [0.717, 1.165) is 0 Å². The molecular weight excluding hydrogens is 132 g/mol. The number of aliphatic carboxylic acids is 1. The fraction of sp³-hybridized carbons (Fsp3) is 0.286. The standard InChI is InChI=1S/C5H8O3.C2H4/c1-3(4(2)6)5(7)8;1-2/h4,6H,1H2,2H3,(H,7,8);1-2H2. The molecule has 0 amide bonds. The molecule has 0 radical (unpaired) electrons. The van der Waals surface area contributed by atoms with Gasteiger partial charge >= 0.3 is 5.97 Å². The van der Waals surface area contributed by atoms with Gasteiger partial charge in [0.05, 0.1) is 11.7 Å². The number of rotatable bonds is 2. The lowest BCUT2D eigenvalue weighted by Crippen LogP contribution is -2.11. The average Bonchev–Trinajstić information content (AvgIpc) is 1.90. The summed E-state index contributed by atoms with van der Waals surface area (Å²) < 4.78 is 0. The van der Waals surface area contributed by atoms with Crippen molar-refractivity contribution < 1.29 is 15.0 Å². The monoisotopic (exact) mass is 144 g/mol. The number of aliphatic hydroxyl groups is 1. The quantitative estimate of drug-likeness (QED) is 0.445. The second-order valence-corrected chi connectivity index (χ2v) is 1.51. The van der Waals surface area contributed by atoms with E-state index in [1.54, 1.807) is 0 Å². The van der Waals surface area contributed by atoms with Gasteiger partial charge in [-0.25, -0.2) is 4.79 Å². The maximum atomic E-state index is 9.88. The van der Waals surface area contributed by atoms with Gasteiger partial charge in [-0.2, -0.15) is 0 Å². The first kappa shape index (κ1) is 11.7. The third kappa shape index (κ3) is 5.05. The molecule has 0 aliphatic rings. The molecule has 0 fully saturated rings. The lowest BCUT2D eigenvalue weighted by atomic mass is 10.2. The summed E-state index contributed by atoms with van der Waals surface area (Å²) in [6, 6.07) is 0. The molecule has 3 heteroatoms. The molecule has 0 aliphatic heterocycles. The van der Waals surface area contributed by atoms with E-state index in [4.69, 9.17) is 10.2 Å². The minimum absolute atomic E-state index is 0.176. The molecule has 0 aliphatic carbocycles. The summed E-state index contributed by atoms with van der Waals surface area (Å²) in [6.07, 6.45) is -0.951. The molecule has 2 N–H and O–H groups in total. The van der Waals surface area contributed by atoms with E-state index in [0.29, 0.717) is 0 Å². The van der Waals surface area contributed by atoms with Gasteiger partial charge in [-0.3, -0.25) is 0 Å². The highest BCUT2D eigenvalue weighted by Gasteiger charge is 2.08. The number of aliphatic hydroxyl groups excluding tert-OH is 1. The zero-order valence-electron chi connectivity index (χ0n) is 6.00. The number of carbonyl (C=O) groups is 1. The van der Waals surface area contributed by atoms with Crippen LogP contribution in [0.3, 0.4) is 0 Å². The fourth-order valence-electron chi connectivity index (χ4n) is 0.179. The highest BCUT2D eigenvalue weighted by Crippen LogP contribution is 1.95. The zero-order valence-corrected chi connectivity index (χ0v) is 6.00. The first-order valence-electron chi connectivity index (χ1n) is 2.66. The van der Waals surface area contributed by atoms with E-state index >= 15 is 0 Å². The van der Waals surface area contributed by atoms with Crippen LogP contribution in [0.15, 0.2) is 25.3 Å². The van der Waals surface area contributed by atoms with Crippen molar-refractivity contribution in [1.82, 2.24) is 0 Å². The van der Waals surface area contributed by atoms with Gasteiger partial charge in [0.15, 0.2) is 0 Å². The van der Waals surface area contributed by atoms with E-state index < -0.39 is 12.1 Å². The average molecular weight is 144 g/mol. The van der Waals surface area contributed by atoms with Gasteiger partial charge in [-0.15, -0.1) is 13.2 Å². The number of carboxylic acid groups (broad SMARTS) is 1. The maximum absolute atomic E-state index is 9.88. The highest BCUT2D eigenvalue weighted by molar-refractivity contribution is 5.86. The van der Waals surface area contributed by atoms with Crippen molar-refractivity contribution in [3.8, 4) is 0 Å². The van der Waals surface area contributed by atoms with Crippen LogP contribution >= 0.6 is 0 Å². The number of hydrogen-bond acceptors (Lipinski definition) is 2. The molecule has 0 saturated heterocycles. The van der Waals surface area contributed by atoms with Gasteiger partial charge in [0.1, 0.15) is 0 Å². The first-order chi connectivity index (χ1) is 4.55. The van der Waals surface area contributed by atoms with Crippen LogP contribution < -0.4 is 0 Å². The lowest BCUT2D eigenvalue weighted by molar-refractivity contribution is -0.133. The van der Waals surface area contributed by atoms with Crippen molar-refractivity contribution in [2.45, 2.75) is 13.0 Å². The Morgan fingerprint density at radius 1 is 1.50 bits per heavy atom. The minimum Gasteiger partial charge on any atom is -0.478 e. The van der Waals surface area contributed by atoms with Gasteiger partial charge in [-0.1, -0.05) is 6.58 Å². The van der Waals surface area contributed by atoms with Crippen LogP contribution in [0.5, 0.6) is 0 Å². The van der Waals surface area contributed by atoms with Gasteiger partial charge in [0.2, 0.25) is 0 Å². The van der Waals surface area contributed by atoms with Crippen LogP contribution in [-0.4, -0.2) is 22.3 Å². The van der Waals surface area contributed by atoms with E-state index in [-0.39, 0.29) is 5.57 Å². The predicted octanol–water partition coefficient (Wildman–Crippen LogP) is 0.810. The second kappa shape index (κ2) is 6.04. The van der Waals surface area contributed by atoms with Crippen molar-refractivity contribution in [3.63, 3.8) is 0 Å². The summed E-state index contributed by atoms with van der Waals surface area (Å²) in [5, 5.41) is 16.6. The third-order valence-electron chi connectivity index (χ3n) is 0.779. The topological polar surface area (TPSA) is 57.5 Å². The normalized spacial score (nSPS) is 10.6. The molecule has 0 aromatic heterocycles. The molecular formula is C7H12O3. The van der Waals surface area contributed by atoms with Crippen LogP contribution in [0, 0.1) is 0 Å². The molecule has 0 spiro atoms. The summed E-state index contributed by atoms with van der Waals surface area (Å²) in [5.74, 6) is -1.15. The second-order valence-electron chi connectivity index (χ2n) is 1.51. The highest BCUT2D eigenvalue weighted by atomic mass is 16.4. The molecule has 1 unspecified atom stereocenters. The number of hydrogen-bond donors (Lipinski definition) is 2. The lowest BCUT2D eigenvalue weighted by Gasteiger charge is -1.99. The summed E-state index contributed by atoms with van der Waals surface area (Å²) in [6.45, 7) is 10.5. The van der Waals surface area contributed by atoms with Crippen LogP contribution in [0.25, 0.3) is 0 Å². The van der Waals surface area contributed by atoms with Gasteiger partial charge < -0.3 is 10.2 Å². The molecule has 0 rings (SSSR count). The Hall–Kier alpha value is -1.09. The van der Waals surface area contributed by atoms with Crippen LogP contribution in [0.1, 0.15) is 6.92 Å². The molecule has 0 saturated carbocycles.